The first-order valence-corrected chi connectivity index (χ1v) is 6.53. The molecular weight excluding hydrogens is 254 g/mol. The Hall–Kier alpha value is -2.20. The van der Waals surface area contributed by atoms with Gasteiger partial charge in [0.25, 0.3) is 0 Å². The molecule has 0 aliphatic carbocycles. The predicted molar refractivity (Wildman–Crippen MR) is 78.2 cm³/mol. The van der Waals surface area contributed by atoms with Crippen LogP contribution in [0.1, 0.15) is 11.1 Å². The van der Waals surface area contributed by atoms with Crippen molar-refractivity contribution in [2.24, 2.45) is 0 Å². The summed E-state index contributed by atoms with van der Waals surface area (Å²) in [4.78, 5) is 0. The van der Waals surface area contributed by atoms with Crippen LogP contribution in [-0.2, 0) is 13.0 Å². The molecule has 2 rings (SSSR count). The first kappa shape index (κ1) is 14.2. The van der Waals surface area contributed by atoms with E-state index in [1.54, 1.807) is 25.3 Å². The third kappa shape index (κ3) is 3.90. The minimum atomic E-state index is 0.237. The Morgan fingerprint density at radius 3 is 2.45 bits per heavy atom. The predicted octanol–water partition coefficient (Wildman–Crippen LogP) is 2.44. The summed E-state index contributed by atoms with van der Waals surface area (Å²) in [6, 6.07) is 12.5. The summed E-state index contributed by atoms with van der Waals surface area (Å²) in [7, 11) is 1.57. The van der Waals surface area contributed by atoms with Gasteiger partial charge in [-0.3, -0.25) is 0 Å². The normalized spacial score (nSPS) is 10.4. The molecule has 2 aromatic carbocycles. The van der Waals surface area contributed by atoms with Gasteiger partial charge in [0.15, 0.2) is 0 Å². The zero-order valence-electron chi connectivity index (χ0n) is 11.5. The van der Waals surface area contributed by atoms with Gasteiger partial charge in [0.05, 0.1) is 7.11 Å². The van der Waals surface area contributed by atoms with Crippen molar-refractivity contribution in [3.63, 3.8) is 0 Å². The number of phenolic OH excluding ortho intramolecular Hbond substituents is 2. The first-order chi connectivity index (χ1) is 9.69. The lowest BCUT2D eigenvalue weighted by Gasteiger charge is -2.08. The molecule has 4 heteroatoms. The Labute approximate surface area is 118 Å². The third-order valence-corrected chi connectivity index (χ3v) is 3.13. The van der Waals surface area contributed by atoms with E-state index in [9.17, 15) is 10.2 Å². The number of ether oxygens (including phenoxy) is 1. The zero-order chi connectivity index (χ0) is 14.4. The van der Waals surface area contributed by atoms with Crippen molar-refractivity contribution in [3.8, 4) is 17.2 Å². The summed E-state index contributed by atoms with van der Waals surface area (Å²) in [5, 5.41) is 22.3. The van der Waals surface area contributed by atoms with Crippen LogP contribution in [0.15, 0.2) is 42.5 Å². The van der Waals surface area contributed by atoms with E-state index in [0.29, 0.717) is 12.3 Å². The van der Waals surface area contributed by atoms with Gasteiger partial charge in [-0.2, -0.15) is 0 Å². The van der Waals surface area contributed by atoms with Gasteiger partial charge >= 0.3 is 0 Å². The summed E-state index contributed by atoms with van der Waals surface area (Å²) >= 11 is 0. The van der Waals surface area contributed by atoms with Crippen LogP contribution in [0, 0.1) is 0 Å². The second-order valence-electron chi connectivity index (χ2n) is 4.59. The largest absolute Gasteiger partial charge is 0.508 e. The van der Waals surface area contributed by atoms with E-state index in [1.165, 1.54) is 0 Å². The minimum absolute atomic E-state index is 0.237. The van der Waals surface area contributed by atoms with Gasteiger partial charge in [0.1, 0.15) is 17.2 Å². The molecule has 0 unspecified atom stereocenters. The molecule has 0 saturated heterocycles. The molecule has 0 spiro atoms. The van der Waals surface area contributed by atoms with E-state index in [4.69, 9.17) is 4.74 Å². The second-order valence-corrected chi connectivity index (χ2v) is 4.59. The van der Waals surface area contributed by atoms with E-state index in [0.717, 1.165) is 24.1 Å². The Kier molecular flexibility index (Phi) is 4.85. The maximum absolute atomic E-state index is 9.82. The first-order valence-electron chi connectivity index (χ1n) is 6.53. The van der Waals surface area contributed by atoms with Crippen LogP contribution in [0.2, 0.25) is 0 Å². The minimum Gasteiger partial charge on any atom is -0.508 e. The molecule has 3 N–H and O–H groups in total. The fourth-order valence-corrected chi connectivity index (χ4v) is 1.94. The third-order valence-electron chi connectivity index (χ3n) is 3.13. The van der Waals surface area contributed by atoms with E-state index in [-0.39, 0.29) is 11.5 Å². The van der Waals surface area contributed by atoms with Crippen molar-refractivity contribution in [1.82, 2.24) is 5.32 Å². The highest BCUT2D eigenvalue weighted by Crippen LogP contribution is 2.23. The molecular formula is C16H19NO3. The molecule has 106 valence electrons. The van der Waals surface area contributed by atoms with E-state index in [1.807, 2.05) is 24.3 Å². The number of nitrogens with one attached hydrogen (secondary N) is 1. The van der Waals surface area contributed by atoms with Crippen molar-refractivity contribution in [2.75, 3.05) is 13.7 Å². The average Bonchev–Trinajstić information content (AvgIpc) is 2.46. The summed E-state index contributed by atoms with van der Waals surface area (Å²) in [5.74, 6) is 1.17. The van der Waals surface area contributed by atoms with Gasteiger partial charge in [0.2, 0.25) is 0 Å². The van der Waals surface area contributed by atoms with Crippen molar-refractivity contribution in [1.29, 1.82) is 0 Å². The highest BCUT2D eigenvalue weighted by molar-refractivity contribution is 5.39. The molecule has 0 aliphatic heterocycles. The number of phenols is 2. The lowest BCUT2D eigenvalue weighted by molar-refractivity contribution is 0.406. The van der Waals surface area contributed by atoms with Crippen LogP contribution in [0.5, 0.6) is 17.2 Å². The topological polar surface area (TPSA) is 61.7 Å². The fraction of sp³-hybridized carbons (Fsp3) is 0.250. The number of aromatic hydroxyl groups is 2. The van der Waals surface area contributed by atoms with Crippen LogP contribution in [0.25, 0.3) is 0 Å². The van der Waals surface area contributed by atoms with Crippen molar-refractivity contribution < 1.29 is 14.9 Å². The van der Waals surface area contributed by atoms with Gasteiger partial charge < -0.3 is 20.3 Å². The molecule has 0 bridgehead atoms. The SMILES string of the molecule is COc1ccc(CNCCc2ccc(O)cc2)c(O)c1. The van der Waals surface area contributed by atoms with Crippen molar-refractivity contribution >= 4 is 0 Å². The maximum Gasteiger partial charge on any atom is 0.123 e. The molecule has 0 fully saturated rings. The van der Waals surface area contributed by atoms with Crippen LogP contribution in [0.4, 0.5) is 0 Å². The number of rotatable bonds is 6. The smallest absolute Gasteiger partial charge is 0.123 e. The number of hydrogen-bond donors (Lipinski definition) is 3. The molecule has 0 aromatic heterocycles. The summed E-state index contributed by atoms with van der Waals surface area (Å²) < 4.78 is 5.04. The Bertz CT molecular complexity index is 552. The lowest BCUT2D eigenvalue weighted by Crippen LogP contribution is -2.16. The van der Waals surface area contributed by atoms with Crippen LogP contribution in [-0.4, -0.2) is 23.9 Å². The molecule has 2 aromatic rings. The quantitative estimate of drug-likeness (QED) is 0.707. The van der Waals surface area contributed by atoms with Crippen molar-refractivity contribution in [3.05, 3.63) is 53.6 Å². The number of hydrogen-bond acceptors (Lipinski definition) is 4. The molecule has 20 heavy (non-hydrogen) atoms. The maximum atomic E-state index is 9.82. The van der Waals surface area contributed by atoms with E-state index >= 15 is 0 Å². The Morgan fingerprint density at radius 2 is 1.80 bits per heavy atom. The molecule has 4 nitrogen and oxygen atoms in total. The van der Waals surface area contributed by atoms with Crippen LogP contribution in [0.3, 0.4) is 0 Å². The summed E-state index contributed by atoms with van der Waals surface area (Å²) in [6.45, 7) is 1.41. The van der Waals surface area contributed by atoms with E-state index in [2.05, 4.69) is 5.32 Å². The highest BCUT2D eigenvalue weighted by Gasteiger charge is 2.02. The fourth-order valence-electron chi connectivity index (χ4n) is 1.94. The van der Waals surface area contributed by atoms with Crippen LogP contribution < -0.4 is 10.1 Å². The summed E-state index contributed by atoms with van der Waals surface area (Å²) in [6.07, 6.45) is 0.872. The van der Waals surface area contributed by atoms with Gasteiger partial charge in [0, 0.05) is 18.2 Å². The number of benzene rings is 2. The van der Waals surface area contributed by atoms with Crippen LogP contribution >= 0.6 is 0 Å². The Balaban J connectivity index is 1.79. The Morgan fingerprint density at radius 1 is 1.05 bits per heavy atom. The lowest BCUT2D eigenvalue weighted by atomic mass is 10.1. The highest BCUT2D eigenvalue weighted by atomic mass is 16.5. The number of methoxy groups -OCH3 is 1. The molecule has 0 amide bonds. The van der Waals surface area contributed by atoms with Crippen molar-refractivity contribution in [2.45, 2.75) is 13.0 Å². The molecule has 0 atom stereocenters. The van der Waals surface area contributed by atoms with Gasteiger partial charge in [-0.25, -0.2) is 0 Å². The second kappa shape index (κ2) is 6.82. The molecule has 0 aliphatic rings. The van der Waals surface area contributed by atoms with Gasteiger partial charge in [-0.05, 0) is 36.7 Å². The molecule has 0 radical (unpaired) electrons. The van der Waals surface area contributed by atoms with Gasteiger partial charge in [-0.15, -0.1) is 0 Å². The van der Waals surface area contributed by atoms with E-state index < -0.39 is 0 Å². The summed E-state index contributed by atoms with van der Waals surface area (Å²) in [5.41, 5.74) is 2.01. The standard InChI is InChI=1S/C16H19NO3/c1-20-15-7-4-13(16(19)10-15)11-17-9-8-12-2-5-14(18)6-3-12/h2-7,10,17-19H,8-9,11H2,1H3. The zero-order valence-corrected chi connectivity index (χ0v) is 11.5. The average molecular weight is 273 g/mol. The monoisotopic (exact) mass is 273 g/mol. The molecule has 0 heterocycles. The van der Waals surface area contributed by atoms with Gasteiger partial charge in [-0.1, -0.05) is 18.2 Å². The molecule has 0 saturated carbocycles.